The van der Waals surface area contributed by atoms with E-state index in [0.29, 0.717) is 12.1 Å². The highest BCUT2D eigenvalue weighted by atomic mass is 19.4. The molecule has 2 aromatic rings. The van der Waals surface area contributed by atoms with Crippen molar-refractivity contribution in [1.29, 1.82) is 0 Å². The minimum atomic E-state index is -4.89. The fourth-order valence-electron chi connectivity index (χ4n) is 3.34. The van der Waals surface area contributed by atoms with Gasteiger partial charge in [0.25, 0.3) is 0 Å². The van der Waals surface area contributed by atoms with Crippen LogP contribution in [0.3, 0.4) is 0 Å². The Hall–Kier alpha value is -2.89. The van der Waals surface area contributed by atoms with Crippen LogP contribution in [0.4, 0.5) is 23.7 Å². The molecular formula is C20H25F3N6O2. The number of rotatable bonds is 6. The Morgan fingerprint density at radius 1 is 1.06 bits per heavy atom. The standard InChI is InChI=1S/C20H25F3N6O2/c1-12-10-16(24-8-9-25-17(30)20(21,22)23)28-18(26-12)29-19(31)27-15-7-6-13-4-2-3-5-14(13)11-15/h2-7,11-12,16,18,24,26,28H,8-10H2,1H3,(H,25,30)(H2,27,29,31). The Morgan fingerprint density at radius 2 is 1.81 bits per heavy atom. The molecule has 1 aliphatic heterocycles. The Balaban J connectivity index is 1.45. The molecule has 0 saturated carbocycles. The lowest BCUT2D eigenvalue weighted by Crippen LogP contribution is -2.68. The van der Waals surface area contributed by atoms with Crippen LogP contribution in [0.5, 0.6) is 0 Å². The summed E-state index contributed by atoms with van der Waals surface area (Å²) in [7, 11) is 0. The number of urea groups is 1. The zero-order valence-corrected chi connectivity index (χ0v) is 16.8. The smallest absolute Gasteiger partial charge is 0.347 e. The van der Waals surface area contributed by atoms with Gasteiger partial charge in [-0.25, -0.2) is 4.79 Å². The van der Waals surface area contributed by atoms with Crippen LogP contribution in [0.25, 0.3) is 10.8 Å². The second kappa shape index (κ2) is 9.94. The highest BCUT2D eigenvalue weighted by Gasteiger charge is 2.38. The van der Waals surface area contributed by atoms with E-state index in [-0.39, 0.29) is 25.3 Å². The molecule has 0 spiro atoms. The summed E-state index contributed by atoms with van der Waals surface area (Å²) >= 11 is 0. The van der Waals surface area contributed by atoms with E-state index in [9.17, 15) is 22.8 Å². The molecule has 1 fully saturated rings. The van der Waals surface area contributed by atoms with Gasteiger partial charge in [0.1, 0.15) is 6.29 Å². The maximum atomic E-state index is 12.4. The highest BCUT2D eigenvalue weighted by molar-refractivity contribution is 5.93. The van der Waals surface area contributed by atoms with Crippen LogP contribution >= 0.6 is 0 Å². The molecule has 8 nitrogen and oxygen atoms in total. The molecule has 31 heavy (non-hydrogen) atoms. The average molecular weight is 438 g/mol. The van der Waals surface area contributed by atoms with E-state index in [2.05, 4.69) is 26.6 Å². The van der Waals surface area contributed by atoms with E-state index < -0.39 is 24.4 Å². The SMILES string of the molecule is CC1CC(NCCNC(=O)C(F)(F)F)NC(NC(=O)Nc2ccc3ccccc3c2)N1. The number of nitrogens with one attached hydrogen (secondary N) is 6. The number of alkyl halides is 3. The first kappa shape index (κ1) is 22.8. The number of carbonyl (C=O) groups excluding carboxylic acids is 2. The summed E-state index contributed by atoms with van der Waals surface area (Å²) in [5.41, 5.74) is 0.648. The molecule has 1 aliphatic rings. The Morgan fingerprint density at radius 3 is 2.55 bits per heavy atom. The van der Waals surface area contributed by atoms with Gasteiger partial charge in [-0.1, -0.05) is 30.3 Å². The zero-order valence-electron chi connectivity index (χ0n) is 16.8. The van der Waals surface area contributed by atoms with E-state index in [4.69, 9.17) is 0 Å². The molecule has 0 radical (unpaired) electrons. The van der Waals surface area contributed by atoms with Crippen LogP contribution in [0.2, 0.25) is 0 Å². The van der Waals surface area contributed by atoms with Crippen molar-refractivity contribution < 1.29 is 22.8 Å². The average Bonchev–Trinajstić information content (AvgIpc) is 2.69. The Kier molecular flexibility index (Phi) is 7.31. The van der Waals surface area contributed by atoms with Crippen molar-refractivity contribution in [2.45, 2.75) is 38.0 Å². The van der Waals surface area contributed by atoms with E-state index >= 15 is 0 Å². The predicted octanol–water partition coefficient (Wildman–Crippen LogP) is 1.81. The van der Waals surface area contributed by atoms with Crippen molar-refractivity contribution in [2.75, 3.05) is 18.4 Å². The normalized spacial score (nSPS) is 21.5. The van der Waals surface area contributed by atoms with Crippen LogP contribution in [0.1, 0.15) is 13.3 Å². The molecule has 2 aromatic carbocycles. The van der Waals surface area contributed by atoms with Gasteiger partial charge in [-0.2, -0.15) is 13.2 Å². The molecular weight excluding hydrogens is 413 g/mol. The van der Waals surface area contributed by atoms with Crippen LogP contribution in [0.15, 0.2) is 42.5 Å². The highest BCUT2D eigenvalue weighted by Crippen LogP contribution is 2.18. The summed E-state index contributed by atoms with van der Waals surface area (Å²) in [5, 5.41) is 18.8. The maximum Gasteiger partial charge on any atom is 0.471 e. The third-order valence-corrected chi connectivity index (χ3v) is 4.75. The van der Waals surface area contributed by atoms with E-state index in [1.807, 2.05) is 54.7 Å². The van der Waals surface area contributed by atoms with Gasteiger partial charge in [-0.3, -0.25) is 15.4 Å². The quantitative estimate of drug-likeness (QED) is 0.386. The van der Waals surface area contributed by atoms with E-state index in [1.54, 1.807) is 0 Å². The summed E-state index contributed by atoms with van der Waals surface area (Å²) in [6.45, 7) is 1.90. The third kappa shape index (κ3) is 6.81. The van der Waals surface area contributed by atoms with Crippen molar-refractivity contribution in [3.8, 4) is 0 Å². The van der Waals surface area contributed by atoms with Crippen LogP contribution in [0, 0.1) is 0 Å². The molecule has 168 valence electrons. The first-order chi connectivity index (χ1) is 14.7. The van der Waals surface area contributed by atoms with Crippen molar-refractivity contribution in [2.24, 2.45) is 0 Å². The molecule has 3 amide bonds. The third-order valence-electron chi connectivity index (χ3n) is 4.75. The molecule has 11 heteroatoms. The van der Waals surface area contributed by atoms with Crippen molar-refractivity contribution >= 4 is 28.4 Å². The lowest BCUT2D eigenvalue weighted by Gasteiger charge is -2.36. The van der Waals surface area contributed by atoms with Crippen LogP contribution in [-0.2, 0) is 4.79 Å². The second-order valence-corrected chi connectivity index (χ2v) is 7.32. The van der Waals surface area contributed by atoms with Gasteiger partial charge < -0.3 is 21.3 Å². The van der Waals surface area contributed by atoms with Crippen molar-refractivity contribution in [3.05, 3.63) is 42.5 Å². The number of fused-ring (bicyclic) bond motifs is 1. The van der Waals surface area contributed by atoms with Gasteiger partial charge in [0.15, 0.2) is 0 Å². The van der Waals surface area contributed by atoms with Gasteiger partial charge >= 0.3 is 18.1 Å². The molecule has 1 saturated heterocycles. The Labute approximate surface area is 177 Å². The first-order valence-corrected chi connectivity index (χ1v) is 9.87. The van der Waals surface area contributed by atoms with Gasteiger partial charge in [0, 0.05) is 24.8 Å². The van der Waals surface area contributed by atoms with Gasteiger partial charge in [0.05, 0.1) is 6.17 Å². The van der Waals surface area contributed by atoms with Crippen molar-refractivity contribution in [3.63, 3.8) is 0 Å². The summed E-state index contributed by atoms with van der Waals surface area (Å²) in [6.07, 6.45) is -5.07. The molecule has 3 unspecified atom stereocenters. The molecule has 0 aromatic heterocycles. The number of anilines is 1. The number of amides is 3. The molecule has 0 bridgehead atoms. The molecule has 1 heterocycles. The van der Waals surface area contributed by atoms with E-state index in [0.717, 1.165) is 10.8 Å². The van der Waals surface area contributed by atoms with E-state index in [1.165, 1.54) is 0 Å². The summed E-state index contributed by atoms with van der Waals surface area (Å²) in [5.74, 6) is -1.97. The first-order valence-electron chi connectivity index (χ1n) is 9.87. The topological polar surface area (TPSA) is 106 Å². The second-order valence-electron chi connectivity index (χ2n) is 7.32. The molecule has 6 N–H and O–H groups in total. The monoisotopic (exact) mass is 438 g/mol. The maximum absolute atomic E-state index is 12.4. The molecule has 3 atom stereocenters. The fraction of sp³-hybridized carbons (Fsp3) is 0.400. The predicted molar refractivity (Wildman–Crippen MR) is 111 cm³/mol. The minimum Gasteiger partial charge on any atom is -0.347 e. The molecule has 3 rings (SSSR count). The van der Waals surface area contributed by atoms with Crippen LogP contribution < -0.4 is 31.9 Å². The van der Waals surface area contributed by atoms with Crippen LogP contribution in [-0.4, -0.2) is 49.7 Å². The zero-order chi connectivity index (χ0) is 22.4. The number of carbonyl (C=O) groups is 2. The summed E-state index contributed by atoms with van der Waals surface area (Å²) in [4.78, 5) is 23.2. The summed E-state index contributed by atoms with van der Waals surface area (Å²) < 4.78 is 36.6. The molecule has 0 aliphatic carbocycles. The number of hydrogen-bond acceptors (Lipinski definition) is 5. The largest absolute Gasteiger partial charge is 0.471 e. The number of hydrogen-bond donors (Lipinski definition) is 6. The fourth-order valence-corrected chi connectivity index (χ4v) is 3.34. The van der Waals surface area contributed by atoms with Gasteiger partial charge in [-0.15, -0.1) is 0 Å². The number of benzene rings is 2. The van der Waals surface area contributed by atoms with Gasteiger partial charge in [0.2, 0.25) is 0 Å². The van der Waals surface area contributed by atoms with Gasteiger partial charge in [-0.05, 0) is 36.2 Å². The number of halogens is 3. The lowest BCUT2D eigenvalue weighted by molar-refractivity contribution is -0.173. The Bertz CT molecular complexity index is 923. The summed E-state index contributed by atoms with van der Waals surface area (Å²) in [6, 6.07) is 13.0. The lowest BCUT2D eigenvalue weighted by atomic mass is 10.1. The van der Waals surface area contributed by atoms with Crippen molar-refractivity contribution in [1.82, 2.24) is 26.6 Å². The minimum absolute atomic E-state index is 0.0366.